The van der Waals surface area contributed by atoms with Crippen LogP contribution in [0.2, 0.25) is 0 Å². The van der Waals surface area contributed by atoms with E-state index in [2.05, 4.69) is 10.2 Å². The molecule has 1 fully saturated rings. The number of fused-ring (bicyclic) bond motifs is 1. The Kier molecular flexibility index (Phi) is 6.69. The van der Waals surface area contributed by atoms with E-state index in [-0.39, 0.29) is 17.7 Å². The van der Waals surface area contributed by atoms with Crippen molar-refractivity contribution in [3.63, 3.8) is 0 Å². The maximum atomic E-state index is 13.2. The molecule has 0 radical (unpaired) electrons. The van der Waals surface area contributed by atoms with Gasteiger partial charge in [0.2, 0.25) is 5.91 Å². The lowest BCUT2D eigenvalue weighted by molar-refractivity contribution is -0.135. The monoisotopic (exact) mass is 430 g/mol. The fourth-order valence-corrected chi connectivity index (χ4v) is 4.41. The first-order chi connectivity index (χ1) is 15.6. The molecule has 32 heavy (non-hydrogen) atoms. The number of piperidine rings is 1. The molecule has 0 spiro atoms. The van der Waals surface area contributed by atoms with Gasteiger partial charge < -0.3 is 15.1 Å². The number of hydrogen-bond acceptors (Lipinski definition) is 4. The average Bonchev–Trinajstić information content (AvgIpc) is 2.84. The molecule has 1 N–H and O–H groups in total. The zero-order valence-corrected chi connectivity index (χ0v) is 18.8. The lowest BCUT2D eigenvalue weighted by atomic mass is 9.96. The molecule has 2 amide bonds. The van der Waals surface area contributed by atoms with Crippen LogP contribution < -0.4 is 10.2 Å². The van der Waals surface area contributed by atoms with E-state index in [1.165, 1.54) is 0 Å². The smallest absolute Gasteiger partial charge is 0.256 e. The van der Waals surface area contributed by atoms with Gasteiger partial charge in [-0.3, -0.25) is 9.59 Å². The van der Waals surface area contributed by atoms with Crippen LogP contribution in [0.1, 0.15) is 37.0 Å². The molecule has 1 saturated heterocycles. The van der Waals surface area contributed by atoms with E-state index in [9.17, 15) is 9.59 Å². The van der Waals surface area contributed by atoms with Gasteiger partial charge in [-0.05, 0) is 51.0 Å². The van der Waals surface area contributed by atoms with Crippen LogP contribution in [0.15, 0.2) is 60.7 Å². The molecule has 4 rings (SSSR count). The lowest BCUT2D eigenvalue weighted by Gasteiger charge is -2.35. The van der Waals surface area contributed by atoms with Crippen LogP contribution in [-0.4, -0.2) is 47.9 Å². The van der Waals surface area contributed by atoms with Crippen molar-refractivity contribution in [2.75, 3.05) is 36.4 Å². The van der Waals surface area contributed by atoms with Gasteiger partial charge in [-0.15, -0.1) is 0 Å². The lowest BCUT2D eigenvalue weighted by Crippen LogP contribution is -2.45. The number of hydrogen-bond donors (Lipinski definition) is 1. The number of anilines is 2. The van der Waals surface area contributed by atoms with Gasteiger partial charge in [0.1, 0.15) is 5.82 Å². The summed E-state index contributed by atoms with van der Waals surface area (Å²) in [4.78, 5) is 35.0. The molecule has 0 bridgehead atoms. The molecule has 6 nitrogen and oxygen atoms in total. The second-order valence-electron chi connectivity index (χ2n) is 8.16. The Morgan fingerprint density at radius 2 is 1.78 bits per heavy atom. The summed E-state index contributed by atoms with van der Waals surface area (Å²) in [5.74, 6) is 0.754. The van der Waals surface area contributed by atoms with E-state index >= 15 is 0 Å². The predicted octanol–water partition coefficient (Wildman–Crippen LogP) is 4.57. The van der Waals surface area contributed by atoms with Gasteiger partial charge in [-0.1, -0.05) is 36.4 Å². The fourth-order valence-electron chi connectivity index (χ4n) is 4.41. The molecular weight excluding hydrogens is 400 g/mol. The Hall–Kier alpha value is -3.41. The molecule has 1 unspecified atom stereocenters. The molecule has 6 heteroatoms. The first-order valence-electron chi connectivity index (χ1n) is 11.4. The van der Waals surface area contributed by atoms with Crippen molar-refractivity contribution < 1.29 is 9.59 Å². The highest BCUT2D eigenvalue weighted by Crippen LogP contribution is 2.28. The van der Waals surface area contributed by atoms with Gasteiger partial charge in [0.15, 0.2) is 0 Å². The first kappa shape index (κ1) is 21.8. The van der Waals surface area contributed by atoms with E-state index in [1.54, 1.807) is 0 Å². The van der Waals surface area contributed by atoms with Crippen molar-refractivity contribution in [3.05, 3.63) is 66.2 Å². The van der Waals surface area contributed by atoms with Gasteiger partial charge in [-0.25, -0.2) is 4.98 Å². The Labute approximate surface area is 189 Å². The van der Waals surface area contributed by atoms with Crippen LogP contribution >= 0.6 is 0 Å². The van der Waals surface area contributed by atoms with Crippen LogP contribution in [0.25, 0.3) is 10.9 Å². The van der Waals surface area contributed by atoms with Crippen LogP contribution in [0.3, 0.4) is 0 Å². The molecule has 2 heterocycles. The summed E-state index contributed by atoms with van der Waals surface area (Å²) >= 11 is 0. The Bertz CT molecular complexity index is 1100. The van der Waals surface area contributed by atoms with Crippen molar-refractivity contribution in [3.8, 4) is 0 Å². The van der Waals surface area contributed by atoms with Gasteiger partial charge >= 0.3 is 0 Å². The molecule has 0 aliphatic carbocycles. The summed E-state index contributed by atoms with van der Waals surface area (Å²) in [6, 6.07) is 19.0. The van der Waals surface area contributed by atoms with Crippen molar-refractivity contribution in [1.29, 1.82) is 0 Å². The molecule has 3 aromatic rings. The minimum atomic E-state index is -0.163. The molecule has 0 saturated carbocycles. The number of nitrogens with zero attached hydrogens (tertiary/aromatic N) is 3. The highest BCUT2D eigenvalue weighted by Gasteiger charge is 2.29. The highest BCUT2D eigenvalue weighted by molar-refractivity contribution is 6.13. The maximum absolute atomic E-state index is 13.2. The second kappa shape index (κ2) is 9.81. The summed E-state index contributed by atoms with van der Waals surface area (Å²) in [6.45, 7) is 6.94. The SMILES string of the molecule is CCN(CC)C(=O)C1CCCN(c2cc(C(=O)Nc3ccccc3)c3ccccc3n2)C1. The van der Waals surface area contributed by atoms with Gasteiger partial charge in [0.25, 0.3) is 5.91 Å². The number of pyridine rings is 1. The highest BCUT2D eigenvalue weighted by atomic mass is 16.2. The third-order valence-corrected chi connectivity index (χ3v) is 6.15. The number of carbonyl (C=O) groups is 2. The number of carbonyl (C=O) groups excluding carboxylic acids is 2. The summed E-state index contributed by atoms with van der Waals surface area (Å²) in [5, 5.41) is 3.81. The maximum Gasteiger partial charge on any atom is 0.256 e. The standard InChI is InChI=1S/C26H30N4O2/c1-3-29(4-2)26(32)19-11-10-16-30(18-19)24-17-22(21-14-8-9-15-23(21)28-24)25(31)27-20-12-6-5-7-13-20/h5-9,12-15,17,19H,3-4,10-11,16,18H2,1-2H3,(H,27,31). The number of rotatable bonds is 6. The summed E-state index contributed by atoms with van der Waals surface area (Å²) in [5.41, 5.74) is 2.12. The fraction of sp³-hybridized carbons (Fsp3) is 0.346. The van der Waals surface area contributed by atoms with Crippen LogP contribution in [0.5, 0.6) is 0 Å². The number of nitrogens with one attached hydrogen (secondary N) is 1. The molecule has 166 valence electrons. The van der Waals surface area contributed by atoms with Crippen molar-refractivity contribution in [2.45, 2.75) is 26.7 Å². The number of aromatic nitrogens is 1. The van der Waals surface area contributed by atoms with Gasteiger partial charge in [0.05, 0.1) is 17.0 Å². The average molecular weight is 431 g/mol. The number of amides is 2. The van der Waals surface area contributed by atoms with E-state index in [0.29, 0.717) is 12.1 Å². The van der Waals surface area contributed by atoms with E-state index in [1.807, 2.05) is 79.4 Å². The van der Waals surface area contributed by atoms with Crippen molar-refractivity contribution in [1.82, 2.24) is 9.88 Å². The Morgan fingerprint density at radius 1 is 1.06 bits per heavy atom. The van der Waals surface area contributed by atoms with E-state index in [0.717, 1.165) is 54.9 Å². The molecule has 1 aromatic heterocycles. The van der Waals surface area contributed by atoms with Crippen molar-refractivity contribution in [2.24, 2.45) is 5.92 Å². The predicted molar refractivity (Wildman–Crippen MR) is 129 cm³/mol. The second-order valence-corrected chi connectivity index (χ2v) is 8.16. The molecule has 1 aliphatic rings. The summed E-state index contributed by atoms with van der Waals surface area (Å²) < 4.78 is 0. The molecule has 1 atom stereocenters. The van der Waals surface area contributed by atoms with Gasteiger partial charge in [0, 0.05) is 37.3 Å². The van der Waals surface area contributed by atoms with E-state index < -0.39 is 0 Å². The Morgan fingerprint density at radius 3 is 2.53 bits per heavy atom. The van der Waals surface area contributed by atoms with Crippen LogP contribution in [0, 0.1) is 5.92 Å². The normalized spacial score (nSPS) is 16.1. The minimum Gasteiger partial charge on any atom is -0.356 e. The van der Waals surface area contributed by atoms with Crippen LogP contribution in [0.4, 0.5) is 11.5 Å². The quantitative estimate of drug-likeness (QED) is 0.622. The minimum absolute atomic E-state index is 0.0430. The summed E-state index contributed by atoms with van der Waals surface area (Å²) in [7, 11) is 0. The van der Waals surface area contributed by atoms with Gasteiger partial charge in [-0.2, -0.15) is 0 Å². The zero-order valence-electron chi connectivity index (χ0n) is 18.8. The Balaban J connectivity index is 1.64. The van der Waals surface area contributed by atoms with E-state index in [4.69, 9.17) is 4.98 Å². The van der Waals surface area contributed by atoms with Crippen LogP contribution in [-0.2, 0) is 4.79 Å². The number of para-hydroxylation sites is 2. The molecule has 1 aliphatic heterocycles. The van der Waals surface area contributed by atoms with Crippen molar-refractivity contribution >= 4 is 34.2 Å². The summed E-state index contributed by atoms with van der Waals surface area (Å²) in [6.07, 6.45) is 1.82. The topological polar surface area (TPSA) is 65.5 Å². The first-order valence-corrected chi connectivity index (χ1v) is 11.4. The number of benzene rings is 2. The molecular formula is C26H30N4O2. The third kappa shape index (κ3) is 4.59. The largest absolute Gasteiger partial charge is 0.356 e. The zero-order chi connectivity index (χ0) is 22.5. The third-order valence-electron chi connectivity index (χ3n) is 6.15. The molecule has 2 aromatic carbocycles.